The van der Waals surface area contributed by atoms with Gasteiger partial charge >= 0.3 is 5.97 Å². The van der Waals surface area contributed by atoms with E-state index in [-0.39, 0.29) is 6.42 Å². The van der Waals surface area contributed by atoms with Gasteiger partial charge < -0.3 is 10.1 Å². The Morgan fingerprint density at radius 3 is 2.86 bits per heavy atom. The molecule has 8 nitrogen and oxygen atoms in total. The van der Waals surface area contributed by atoms with Gasteiger partial charge in [-0.1, -0.05) is 0 Å². The van der Waals surface area contributed by atoms with Crippen molar-refractivity contribution in [2.75, 3.05) is 0 Å². The molecule has 2 aromatic heterocycles. The van der Waals surface area contributed by atoms with E-state index in [4.69, 9.17) is 5.11 Å². The minimum Gasteiger partial charge on any atom is -0.480 e. The van der Waals surface area contributed by atoms with Crippen LogP contribution < -0.4 is 4.72 Å². The van der Waals surface area contributed by atoms with Crippen molar-refractivity contribution in [2.24, 2.45) is 0 Å². The smallest absolute Gasteiger partial charge is 0.322 e. The van der Waals surface area contributed by atoms with Gasteiger partial charge in [0, 0.05) is 24.5 Å². The van der Waals surface area contributed by atoms with Gasteiger partial charge in [0.15, 0.2) is 5.82 Å². The fourth-order valence-corrected chi connectivity index (χ4v) is 2.80. The maximum atomic E-state index is 13.5. The van der Waals surface area contributed by atoms with E-state index in [0.29, 0.717) is 5.69 Å². The number of halogens is 1. The van der Waals surface area contributed by atoms with Gasteiger partial charge in [-0.15, -0.1) is 0 Å². The number of carboxylic acids is 1. The van der Waals surface area contributed by atoms with Crippen LogP contribution >= 0.6 is 0 Å². The monoisotopic (exact) mass is 314 g/mol. The summed E-state index contributed by atoms with van der Waals surface area (Å²) in [5.74, 6) is -2.46. The molecule has 0 spiro atoms. The number of pyridine rings is 1. The van der Waals surface area contributed by atoms with Crippen LogP contribution in [0, 0.1) is 5.82 Å². The quantitative estimate of drug-likeness (QED) is 0.685. The van der Waals surface area contributed by atoms with Gasteiger partial charge in [-0.3, -0.25) is 4.79 Å². The van der Waals surface area contributed by atoms with Crippen LogP contribution in [-0.2, 0) is 21.2 Å². The van der Waals surface area contributed by atoms with Crippen LogP contribution in [0.15, 0.2) is 35.9 Å². The lowest BCUT2D eigenvalue weighted by Crippen LogP contribution is -2.42. The Bertz CT molecular complexity index is 732. The summed E-state index contributed by atoms with van der Waals surface area (Å²) in [6.45, 7) is 0. The molecule has 0 radical (unpaired) electrons. The average Bonchev–Trinajstić information content (AvgIpc) is 2.91. The summed E-state index contributed by atoms with van der Waals surface area (Å²) in [5.41, 5.74) is 0.423. The Labute approximate surface area is 119 Å². The summed E-state index contributed by atoms with van der Waals surface area (Å²) < 4.78 is 39.4. The molecule has 0 aliphatic rings. The Balaban J connectivity index is 2.24. The van der Waals surface area contributed by atoms with Gasteiger partial charge in [-0.05, 0) is 12.1 Å². The standard InChI is InChI=1S/C11H11FN4O4S/c12-8-2-1-3-14-10(8)21(19,20)16-9(11(17)18)4-7-5-13-6-15-7/h1-3,5-6,9,16H,4H2,(H,13,15)(H,17,18)/t9-/m1/s1. The molecule has 2 rings (SSSR count). The van der Waals surface area contributed by atoms with E-state index < -0.39 is 32.9 Å². The minimum atomic E-state index is -4.39. The summed E-state index contributed by atoms with van der Waals surface area (Å²) >= 11 is 0. The van der Waals surface area contributed by atoms with Crippen molar-refractivity contribution in [3.63, 3.8) is 0 Å². The molecule has 0 unspecified atom stereocenters. The minimum absolute atomic E-state index is 0.164. The average molecular weight is 314 g/mol. The number of sulfonamides is 1. The number of rotatable bonds is 6. The van der Waals surface area contributed by atoms with Crippen molar-refractivity contribution < 1.29 is 22.7 Å². The molecule has 0 fully saturated rings. The molecule has 21 heavy (non-hydrogen) atoms. The normalized spacial score (nSPS) is 13.0. The Hall–Kier alpha value is -2.33. The highest BCUT2D eigenvalue weighted by molar-refractivity contribution is 7.89. The van der Waals surface area contributed by atoms with E-state index >= 15 is 0 Å². The van der Waals surface area contributed by atoms with Gasteiger partial charge in [0.2, 0.25) is 5.03 Å². The third-order valence-electron chi connectivity index (χ3n) is 2.55. The van der Waals surface area contributed by atoms with Crippen molar-refractivity contribution in [1.82, 2.24) is 19.7 Å². The third kappa shape index (κ3) is 3.61. The van der Waals surface area contributed by atoms with Crippen molar-refractivity contribution in [2.45, 2.75) is 17.5 Å². The predicted octanol–water partition coefficient (Wildman–Crippen LogP) is -0.0820. The summed E-state index contributed by atoms with van der Waals surface area (Å²) in [7, 11) is -4.39. The van der Waals surface area contributed by atoms with Gasteiger partial charge in [0.05, 0.1) is 6.33 Å². The van der Waals surface area contributed by atoms with Crippen LogP contribution in [0.3, 0.4) is 0 Å². The topological polar surface area (TPSA) is 125 Å². The molecule has 3 N–H and O–H groups in total. The highest BCUT2D eigenvalue weighted by atomic mass is 32.2. The van der Waals surface area contributed by atoms with Crippen molar-refractivity contribution in [3.05, 3.63) is 42.4 Å². The lowest BCUT2D eigenvalue weighted by molar-refractivity contribution is -0.138. The van der Waals surface area contributed by atoms with E-state index in [2.05, 4.69) is 15.0 Å². The zero-order chi connectivity index (χ0) is 15.5. The van der Waals surface area contributed by atoms with Crippen molar-refractivity contribution >= 4 is 16.0 Å². The van der Waals surface area contributed by atoms with Crippen molar-refractivity contribution in [3.8, 4) is 0 Å². The highest BCUT2D eigenvalue weighted by Crippen LogP contribution is 2.11. The van der Waals surface area contributed by atoms with Crippen LogP contribution in [0.5, 0.6) is 0 Å². The number of H-pyrrole nitrogens is 1. The number of hydrogen-bond donors (Lipinski definition) is 3. The summed E-state index contributed by atoms with van der Waals surface area (Å²) in [6.07, 6.45) is 3.64. The van der Waals surface area contributed by atoms with Gasteiger partial charge in [-0.2, -0.15) is 4.72 Å². The fourth-order valence-electron chi connectivity index (χ4n) is 1.61. The largest absolute Gasteiger partial charge is 0.480 e. The Morgan fingerprint density at radius 2 is 2.29 bits per heavy atom. The second kappa shape index (κ2) is 5.97. The zero-order valence-electron chi connectivity index (χ0n) is 10.5. The molecule has 2 heterocycles. The molecule has 10 heteroatoms. The number of aromatic nitrogens is 3. The summed E-state index contributed by atoms with van der Waals surface area (Å²) in [4.78, 5) is 20.9. The number of aromatic amines is 1. The van der Waals surface area contributed by atoms with E-state index in [1.54, 1.807) is 0 Å². The maximum Gasteiger partial charge on any atom is 0.322 e. The number of hydrogen-bond acceptors (Lipinski definition) is 5. The van der Waals surface area contributed by atoms with Crippen LogP contribution in [0.25, 0.3) is 0 Å². The number of imidazole rings is 1. The molecule has 0 aliphatic heterocycles. The summed E-state index contributed by atoms with van der Waals surface area (Å²) in [5, 5.41) is 8.23. The van der Waals surface area contributed by atoms with Gasteiger partial charge in [-0.25, -0.2) is 22.8 Å². The summed E-state index contributed by atoms with van der Waals surface area (Å²) in [6, 6.07) is 0.678. The lowest BCUT2D eigenvalue weighted by atomic mass is 10.2. The molecule has 2 aromatic rings. The number of nitrogens with one attached hydrogen (secondary N) is 2. The van der Waals surface area contributed by atoms with Gasteiger partial charge in [0.25, 0.3) is 10.0 Å². The molecule has 0 aromatic carbocycles. The second-order valence-corrected chi connectivity index (χ2v) is 5.71. The van der Waals surface area contributed by atoms with E-state index in [1.165, 1.54) is 18.6 Å². The number of carboxylic acid groups (broad SMARTS) is 1. The van der Waals surface area contributed by atoms with Crippen LogP contribution in [0.2, 0.25) is 0 Å². The van der Waals surface area contributed by atoms with E-state index in [0.717, 1.165) is 12.3 Å². The lowest BCUT2D eigenvalue weighted by Gasteiger charge is -2.13. The molecule has 0 saturated carbocycles. The van der Waals surface area contributed by atoms with E-state index in [9.17, 15) is 17.6 Å². The second-order valence-electron chi connectivity index (χ2n) is 4.08. The first-order valence-electron chi connectivity index (χ1n) is 5.73. The molecule has 0 aliphatic carbocycles. The first-order chi connectivity index (χ1) is 9.90. The molecular formula is C11H11FN4O4S. The van der Waals surface area contributed by atoms with Gasteiger partial charge in [0.1, 0.15) is 6.04 Å². The fraction of sp³-hybridized carbons (Fsp3) is 0.182. The molecule has 0 amide bonds. The highest BCUT2D eigenvalue weighted by Gasteiger charge is 2.28. The maximum absolute atomic E-state index is 13.5. The SMILES string of the molecule is O=C(O)[C@@H](Cc1cnc[nH]1)NS(=O)(=O)c1ncccc1F. The number of nitrogens with zero attached hydrogens (tertiary/aromatic N) is 2. The third-order valence-corrected chi connectivity index (χ3v) is 3.96. The number of carbonyl (C=O) groups is 1. The zero-order valence-corrected chi connectivity index (χ0v) is 11.3. The van der Waals surface area contributed by atoms with Crippen LogP contribution in [0.4, 0.5) is 4.39 Å². The number of aliphatic carboxylic acids is 1. The predicted molar refractivity (Wildman–Crippen MR) is 68.2 cm³/mol. The first kappa shape index (κ1) is 15.1. The van der Waals surface area contributed by atoms with Crippen molar-refractivity contribution in [1.29, 1.82) is 0 Å². The molecule has 1 atom stereocenters. The van der Waals surface area contributed by atoms with E-state index in [1.807, 2.05) is 4.72 Å². The molecule has 0 bridgehead atoms. The van der Waals surface area contributed by atoms with Crippen LogP contribution in [0.1, 0.15) is 5.69 Å². The Kier molecular flexibility index (Phi) is 4.29. The molecule has 112 valence electrons. The first-order valence-corrected chi connectivity index (χ1v) is 7.21. The molecular weight excluding hydrogens is 303 g/mol. The van der Waals surface area contributed by atoms with Crippen LogP contribution in [-0.4, -0.2) is 40.5 Å². The Morgan fingerprint density at radius 1 is 1.52 bits per heavy atom. The molecule has 0 saturated heterocycles.